The van der Waals surface area contributed by atoms with Gasteiger partial charge in [-0.15, -0.1) is 0 Å². The molecule has 2 aliphatic heterocycles. The third-order valence-electron chi connectivity index (χ3n) is 8.03. The van der Waals surface area contributed by atoms with E-state index in [9.17, 15) is 10.2 Å². The van der Waals surface area contributed by atoms with Gasteiger partial charge in [0.15, 0.2) is 0 Å². The molecule has 0 aromatic heterocycles. The second kappa shape index (κ2) is 14.3. The molecule has 2 saturated heterocycles. The van der Waals surface area contributed by atoms with Crippen molar-refractivity contribution in [3.05, 3.63) is 0 Å². The fourth-order valence-corrected chi connectivity index (χ4v) is 4.88. The molecule has 5 heteroatoms. The van der Waals surface area contributed by atoms with Crippen LogP contribution in [0.3, 0.4) is 0 Å². The Morgan fingerprint density at radius 1 is 0.861 bits per heavy atom. The number of hydrogen-bond acceptors (Lipinski definition) is 5. The fourth-order valence-electron chi connectivity index (χ4n) is 4.88. The van der Waals surface area contributed by atoms with Crippen LogP contribution in [0.5, 0.6) is 0 Å². The third-order valence-corrected chi connectivity index (χ3v) is 8.03. The minimum absolute atomic E-state index is 0.0638. The molecule has 2 N–H and O–H groups in total. The topological polar surface area (TPSA) is 56.2 Å². The van der Waals surface area contributed by atoms with Crippen LogP contribution in [0.15, 0.2) is 0 Å². The normalized spacial score (nSPS) is 28.2. The average molecular weight is 515 g/mol. The van der Waals surface area contributed by atoms with Crippen LogP contribution in [-0.4, -0.2) is 84.7 Å². The number of hydrogen-bond donors (Lipinski definition) is 2. The van der Waals surface area contributed by atoms with Crippen LogP contribution in [0.2, 0.25) is 0 Å². The van der Waals surface area contributed by atoms with Crippen molar-refractivity contribution in [2.45, 2.75) is 133 Å². The summed E-state index contributed by atoms with van der Waals surface area (Å²) in [7, 11) is 6.48. The SMILES string of the molecule is CN(C)CCCC(C)(C)C.CN1CCC(C(C)(C)C)CC1.C[C@@H]1[C@H](O)C(O)[C@H](C(C)(C)C)OC1(C)C. The number of ether oxygens (including phenoxy) is 1. The summed E-state index contributed by atoms with van der Waals surface area (Å²) in [4.78, 5) is 4.67. The lowest BCUT2D eigenvalue weighted by Gasteiger charge is -2.50. The largest absolute Gasteiger partial charge is 0.390 e. The second-order valence-electron chi connectivity index (χ2n) is 15.7. The van der Waals surface area contributed by atoms with E-state index in [0.29, 0.717) is 10.8 Å². The van der Waals surface area contributed by atoms with Crippen LogP contribution in [-0.2, 0) is 4.74 Å². The maximum absolute atomic E-state index is 10.0. The van der Waals surface area contributed by atoms with Crippen molar-refractivity contribution in [1.82, 2.24) is 9.80 Å². The van der Waals surface area contributed by atoms with Gasteiger partial charge in [0.05, 0.1) is 17.8 Å². The standard InChI is InChI=1S/C12H24O3.C10H21N.C9H21N/c1-7-8(13)9(14)10(11(2,3)4)15-12(7,5)6;1-10(2,3)9-5-7-11(4)8-6-9;1-9(2,3)7-6-8-10(4)5/h7-10,13-14H,1-6H3;9H,5-8H2,1-4H3;6-8H2,1-5H3/t7-,8+,9?,10-;;/m1../s1. The molecule has 0 bridgehead atoms. The summed E-state index contributed by atoms with van der Waals surface area (Å²) in [5.41, 5.74) is 0.478. The molecule has 0 amide bonds. The van der Waals surface area contributed by atoms with Crippen LogP contribution in [0.4, 0.5) is 0 Å². The van der Waals surface area contributed by atoms with E-state index in [1.807, 2.05) is 41.5 Å². The summed E-state index contributed by atoms with van der Waals surface area (Å²) in [6.07, 6.45) is 3.59. The highest BCUT2D eigenvalue weighted by Crippen LogP contribution is 2.40. The first-order valence-corrected chi connectivity index (χ1v) is 14.4. The van der Waals surface area contributed by atoms with Crippen molar-refractivity contribution in [3.8, 4) is 0 Å². The maximum atomic E-state index is 10.0. The van der Waals surface area contributed by atoms with Crippen molar-refractivity contribution in [2.75, 3.05) is 40.8 Å². The molecule has 0 spiro atoms. The zero-order chi connectivity index (χ0) is 28.7. The Labute approximate surface area is 226 Å². The predicted molar refractivity (Wildman–Crippen MR) is 157 cm³/mol. The van der Waals surface area contributed by atoms with E-state index in [4.69, 9.17) is 4.74 Å². The first-order chi connectivity index (χ1) is 16.0. The molecule has 4 atom stereocenters. The highest BCUT2D eigenvalue weighted by Gasteiger charge is 2.49. The van der Waals surface area contributed by atoms with E-state index in [2.05, 4.69) is 72.5 Å². The Morgan fingerprint density at radius 2 is 1.33 bits per heavy atom. The number of rotatable bonds is 3. The maximum Gasteiger partial charge on any atom is 0.107 e. The molecule has 0 aliphatic carbocycles. The highest BCUT2D eigenvalue weighted by molar-refractivity contribution is 4.98. The van der Waals surface area contributed by atoms with E-state index in [1.165, 1.54) is 45.3 Å². The number of aliphatic hydroxyl groups excluding tert-OH is 2. The first-order valence-electron chi connectivity index (χ1n) is 14.4. The summed E-state index contributed by atoms with van der Waals surface area (Å²) in [5.74, 6) is 0.879. The van der Waals surface area contributed by atoms with Gasteiger partial charge in [-0.25, -0.2) is 0 Å². The van der Waals surface area contributed by atoms with Crippen LogP contribution in [0.1, 0.15) is 109 Å². The van der Waals surface area contributed by atoms with Crippen LogP contribution >= 0.6 is 0 Å². The molecule has 2 fully saturated rings. The summed E-state index contributed by atoms with van der Waals surface area (Å²) < 4.78 is 5.92. The molecule has 0 aromatic rings. The van der Waals surface area contributed by atoms with Crippen molar-refractivity contribution in [3.63, 3.8) is 0 Å². The van der Waals surface area contributed by atoms with Gasteiger partial charge in [-0.1, -0.05) is 69.2 Å². The molecule has 0 aromatic carbocycles. The molecule has 5 nitrogen and oxygen atoms in total. The van der Waals surface area contributed by atoms with E-state index in [0.717, 1.165) is 5.92 Å². The predicted octanol–water partition coefficient (Wildman–Crippen LogP) is 6.32. The van der Waals surface area contributed by atoms with E-state index >= 15 is 0 Å². The van der Waals surface area contributed by atoms with E-state index in [1.54, 1.807) is 0 Å². The zero-order valence-corrected chi connectivity index (χ0v) is 27.0. The molecule has 2 heterocycles. The van der Waals surface area contributed by atoms with Gasteiger partial charge in [0.25, 0.3) is 0 Å². The number of aliphatic hydroxyl groups is 2. The van der Waals surface area contributed by atoms with Gasteiger partial charge >= 0.3 is 0 Å². The van der Waals surface area contributed by atoms with Gasteiger partial charge < -0.3 is 24.7 Å². The lowest BCUT2D eigenvalue weighted by molar-refractivity contribution is -0.255. The minimum Gasteiger partial charge on any atom is -0.390 e. The Hall–Kier alpha value is -0.200. The monoisotopic (exact) mass is 515 g/mol. The van der Waals surface area contributed by atoms with Crippen LogP contribution < -0.4 is 0 Å². The number of nitrogens with zero attached hydrogens (tertiary/aromatic N) is 2. The van der Waals surface area contributed by atoms with Crippen molar-refractivity contribution < 1.29 is 14.9 Å². The summed E-state index contributed by atoms with van der Waals surface area (Å²) in [6.45, 7) is 29.7. The smallest absolute Gasteiger partial charge is 0.107 e. The minimum atomic E-state index is -0.798. The van der Waals surface area contributed by atoms with Crippen LogP contribution in [0, 0.1) is 28.1 Å². The molecule has 36 heavy (non-hydrogen) atoms. The van der Waals surface area contributed by atoms with Gasteiger partial charge in [-0.05, 0) is 102 Å². The summed E-state index contributed by atoms with van der Waals surface area (Å²) in [6, 6.07) is 0. The van der Waals surface area contributed by atoms with Gasteiger partial charge in [-0.3, -0.25) is 0 Å². The lowest BCUT2D eigenvalue weighted by atomic mass is 9.74. The lowest BCUT2D eigenvalue weighted by Crippen LogP contribution is -2.61. The summed E-state index contributed by atoms with van der Waals surface area (Å²) >= 11 is 0. The Bertz CT molecular complexity index is 590. The second-order valence-corrected chi connectivity index (χ2v) is 15.7. The molecule has 2 rings (SSSR count). The van der Waals surface area contributed by atoms with Gasteiger partial charge in [0.1, 0.15) is 6.10 Å². The fraction of sp³-hybridized carbons (Fsp3) is 1.00. The Kier molecular flexibility index (Phi) is 14.2. The molecule has 1 unspecified atom stereocenters. The zero-order valence-electron chi connectivity index (χ0n) is 27.0. The number of piperidine rings is 1. The van der Waals surface area contributed by atoms with E-state index in [-0.39, 0.29) is 17.4 Å². The molecule has 2 aliphatic rings. The Balaban J connectivity index is 0.000000525. The molecule has 0 saturated carbocycles. The first kappa shape index (κ1) is 35.8. The van der Waals surface area contributed by atoms with Gasteiger partial charge in [0.2, 0.25) is 0 Å². The van der Waals surface area contributed by atoms with Crippen molar-refractivity contribution in [2.24, 2.45) is 28.1 Å². The number of likely N-dealkylation sites (tertiary alicyclic amines) is 1. The molecule has 218 valence electrons. The quantitative estimate of drug-likeness (QED) is 0.462. The highest BCUT2D eigenvalue weighted by atomic mass is 16.5. The molecular formula is C31H66N2O3. The average Bonchev–Trinajstić information content (AvgIpc) is 2.68. The molecular weight excluding hydrogens is 448 g/mol. The van der Waals surface area contributed by atoms with Crippen molar-refractivity contribution in [1.29, 1.82) is 0 Å². The summed E-state index contributed by atoms with van der Waals surface area (Å²) in [5, 5.41) is 20.0. The van der Waals surface area contributed by atoms with Crippen LogP contribution in [0.25, 0.3) is 0 Å². The Morgan fingerprint density at radius 3 is 1.69 bits per heavy atom. The van der Waals surface area contributed by atoms with E-state index < -0.39 is 17.8 Å². The third kappa shape index (κ3) is 13.6. The van der Waals surface area contributed by atoms with Gasteiger partial charge in [-0.2, -0.15) is 0 Å². The van der Waals surface area contributed by atoms with Crippen molar-refractivity contribution >= 4 is 0 Å². The van der Waals surface area contributed by atoms with Gasteiger partial charge in [0, 0.05) is 5.92 Å². The molecule has 0 radical (unpaired) electrons.